The first-order valence-corrected chi connectivity index (χ1v) is 10.6. The first-order chi connectivity index (χ1) is 16.5. The average Bonchev–Trinajstić information content (AvgIpc) is 2.77. The number of nitrogens with one attached hydrogen (secondary N) is 3. The highest BCUT2D eigenvalue weighted by Crippen LogP contribution is 2.27. The Morgan fingerprint density at radius 2 is 1.51 bits per heavy atom. The summed E-state index contributed by atoms with van der Waals surface area (Å²) in [5.41, 5.74) is -0.414. The molecule has 8 nitrogen and oxygen atoms in total. The zero-order valence-corrected chi connectivity index (χ0v) is 19.3. The summed E-state index contributed by atoms with van der Waals surface area (Å²) in [5, 5.41) is 7.46. The molecule has 1 heterocycles. The molecule has 3 aromatic rings. The van der Waals surface area contributed by atoms with E-state index in [0.29, 0.717) is 11.4 Å². The molecule has 0 atom stereocenters. The summed E-state index contributed by atoms with van der Waals surface area (Å²) < 4.78 is 33.1. The molecular weight excluding hydrogens is 458 g/mol. The van der Waals surface area contributed by atoms with E-state index in [1.807, 2.05) is 0 Å². The quantitative estimate of drug-likeness (QED) is 0.406. The molecule has 0 saturated heterocycles. The Kier molecular flexibility index (Phi) is 7.75. The highest BCUT2D eigenvalue weighted by atomic mass is 19.1. The Morgan fingerprint density at radius 1 is 0.857 bits per heavy atom. The van der Waals surface area contributed by atoms with Crippen molar-refractivity contribution in [3.05, 3.63) is 72.4 Å². The van der Waals surface area contributed by atoms with Crippen LogP contribution in [0.4, 0.5) is 26.0 Å². The maximum absolute atomic E-state index is 14.5. The third-order valence-electron chi connectivity index (χ3n) is 4.55. The van der Waals surface area contributed by atoms with Crippen LogP contribution < -0.4 is 20.7 Å². The number of ether oxygens (including phenoxy) is 1. The van der Waals surface area contributed by atoms with Crippen LogP contribution >= 0.6 is 0 Å². The summed E-state index contributed by atoms with van der Waals surface area (Å²) in [5.74, 6) is -2.07. The van der Waals surface area contributed by atoms with E-state index in [9.17, 15) is 23.2 Å². The normalized spacial score (nSPS) is 10.9. The third kappa shape index (κ3) is 7.60. The topological polar surface area (TPSA) is 109 Å². The van der Waals surface area contributed by atoms with Crippen molar-refractivity contribution in [2.24, 2.45) is 5.41 Å². The molecule has 0 saturated carbocycles. The van der Waals surface area contributed by atoms with Gasteiger partial charge < -0.3 is 20.7 Å². The van der Waals surface area contributed by atoms with Crippen LogP contribution in [0.25, 0.3) is 0 Å². The van der Waals surface area contributed by atoms with E-state index in [-0.39, 0.29) is 23.2 Å². The summed E-state index contributed by atoms with van der Waals surface area (Å²) in [7, 11) is 0. The van der Waals surface area contributed by atoms with Crippen LogP contribution in [0.15, 0.2) is 60.8 Å². The minimum atomic E-state index is -0.773. The molecule has 0 bridgehead atoms. The van der Waals surface area contributed by atoms with Crippen molar-refractivity contribution in [3.63, 3.8) is 0 Å². The van der Waals surface area contributed by atoms with Gasteiger partial charge in [0.25, 0.3) is 0 Å². The molecule has 0 fully saturated rings. The Morgan fingerprint density at radius 3 is 2.17 bits per heavy atom. The summed E-state index contributed by atoms with van der Waals surface area (Å²) in [6, 6.07) is 11.9. The number of anilines is 3. The van der Waals surface area contributed by atoms with Gasteiger partial charge in [-0.05, 0) is 42.5 Å². The molecule has 0 aliphatic heterocycles. The maximum Gasteiger partial charge on any atom is 0.233 e. The van der Waals surface area contributed by atoms with E-state index in [0.717, 1.165) is 6.07 Å². The Hall–Kier alpha value is -4.34. The SMILES string of the molecule is CC(C)(C)C(=O)Nc1cc(Oc2ccc(NC(=O)CC(=O)Nc3ccc(F)cc3)c(F)c2)ccn1. The molecule has 3 rings (SSSR count). The minimum Gasteiger partial charge on any atom is -0.457 e. The van der Waals surface area contributed by atoms with Gasteiger partial charge in [0, 0.05) is 29.4 Å². The summed E-state index contributed by atoms with van der Waals surface area (Å²) >= 11 is 0. The molecule has 3 amide bonds. The predicted octanol–water partition coefficient (Wildman–Crippen LogP) is 5.10. The molecule has 0 aliphatic rings. The van der Waals surface area contributed by atoms with Gasteiger partial charge in [0.05, 0.1) is 5.69 Å². The van der Waals surface area contributed by atoms with Crippen molar-refractivity contribution < 1.29 is 27.9 Å². The van der Waals surface area contributed by atoms with E-state index >= 15 is 0 Å². The lowest BCUT2D eigenvalue weighted by molar-refractivity contribution is -0.124. The number of carbonyl (C=O) groups is 3. The van der Waals surface area contributed by atoms with E-state index in [4.69, 9.17) is 4.74 Å². The maximum atomic E-state index is 14.5. The number of carbonyl (C=O) groups excluding carboxylic acids is 3. The number of benzene rings is 2. The molecule has 2 aromatic carbocycles. The van der Waals surface area contributed by atoms with Crippen LogP contribution in [0, 0.1) is 17.0 Å². The van der Waals surface area contributed by atoms with Gasteiger partial charge in [-0.15, -0.1) is 0 Å². The van der Waals surface area contributed by atoms with Crippen LogP contribution in [0.5, 0.6) is 11.5 Å². The lowest BCUT2D eigenvalue weighted by atomic mass is 9.96. The van der Waals surface area contributed by atoms with Gasteiger partial charge in [0.2, 0.25) is 17.7 Å². The van der Waals surface area contributed by atoms with Gasteiger partial charge in [-0.3, -0.25) is 14.4 Å². The van der Waals surface area contributed by atoms with E-state index < -0.39 is 35.3 Å². The minimum absolute atomic E-state index is 0.134. The Labute approximate surface area is 200 Å². The second kappa shape index (κ2) is 10.7. The summed E-state index contributed by atoms with van der Waals surface area (Å²) in [6.07, 6.45) is 0.880. The van der Waals surface area contributed by atoms with Crippen molar-refractivity contribution >= 4 is 34.9 Å². The van der Waals surface area contributed by atoms with Crippen molar-refractivity contribution in [3.8, 4) is 11.5 Å². The van der Waals surface area contributed by atoms with E-state index in [1.54, 1.807) is 26.8 Å². The highest BCUT2D eigenvalue weighted by molar-refractivity contribution is 6.08. The van der Waals surface area contributed by atoms with Crippen molar-refractivity contribution in [2.75, 3.05) is 16.0 Å². The molecular formula is C25H24F2N4O4. The van der Waals surface area contributed by atoms with Crippen molar-refractivity contribution in [2.45, 2.75) is 27.2 Å². The van der Waals surface area contributed by atoms with Gasteiger partial charge in [0.15, 0.2) is 0 Å². The predicted molar refractivity (Wildman–Crippen MR) is 127 cm³/mol. The Bertz CT molecular complexity index is 1240. The number of aromatic nitrogens is 1. The number of amides is 3. The number of pyridine rings is 1. The van der Waals surface area contributed by atoms with E-state index in [1.165, 1.54) is 48.7 Å². The molecule has 3 N–H and O–H groups in total. The lowest BCUT2D eigenvalue weighted by Crippen LogP contribution is -2.27. The molecule has 0 aliphatic carbocycles. The molecule has 35 heavy (non-hydrogen) atoms. The molecule has 182 valence electrons. The number of nitrogens with zero attached hydrogens (tertiary/aromatic N) is 1. The van der Waals surface area contributed by atoms with Crippen LogP contribution in [-0.4, -0.2) is 22.7 Å². The van der Waals surface area contributed by atoms with E-state index in [2.05, 4.69) is 20.9 Å². The highest BCUT2D eigenvalue weighted by Gasteiger charge is 2.21. The number of hydrogen-bond acceptors (Lipinski definition) is 5. The fourth-order valence-electron chi connectivity index (χ4n) is 2.72. The van der Waals surface area contributed by atoms with Crippen molar-refractivity contribution in [1.29, 1.82) is 0 Å². The number of halogens is 2. The van der Waals surface area contributed by atoms with Gasteiger partial charge in [-0.1, -0.05) is 20.8 Å². The molecule has 10 heteroatoms. The first-order valence-electron chi connectivity index (χ1n) is 10.6. The third-order valence-corrected chi connectivity index (χ3v) is 4.55. The standard InChI is InChI=1S/C25H24F2N4O4/c1-25(2,3)24(34)31-21-13-18(10-11-28-21)35-17-8-9-20(19(27)12-17)30-23(33)14-22(32)29-16-6-4-15(26)5-7-16/h4-13H,14H2,1-3H3,(H,29,32)(H,30,33)(H,28,31,34). The van der Waals surface area contributed by atoms with Gasteiger partial charge in [0.1, 0.15) is 35.4 Å². The molecule has 0 spiro atoms. The Balaban J connectivity index is 1.58. The molecule has 1 aromatic heterocycles. The largest absolute Gasteiger partial charge is 0.457 e. The zero-order valence-electron chi connectivity index (χ0n) is 19.3. The monoisotopic (exact) mass is 482 g/mol. The second-order valence-electron chi connectivity index (χ2n) is 8.60. The van der Waals surface area contributed by atoms with Gasteiger partial charge in [-0.2, -0.15) is 0 Å². The second-order valence-corrected chi connectivity index (χ2v) is 8.60. The summed E-state index contributed by atoms with van der Waals surface area (Å²) in [4.78, 5) is 40.3. The van der Waals surface area contributed by atoms with Crippen LogP contribution in [0.3, 0.4) is 0 Å². The van der Waals surface area contributed by atoms with Gasteiger partial charge >= 0.3 is 0 Å². The van der Waals surface area contributed by atoms with Gasteiger partial charge in [-0.25, -0.2) is 13.8 Å². The number of hydrogen-bond donors (Lipinski definition) is 3. The number of rotatable bonds is 7. The lowest BCUT2D eigenvalue weighted by Gasteiger charge is -2.17. The van der Waals surface area contributed by atoms with Crippen molar-refractivity contribution in [1.82, 2.24) is 4.98 Å². The smallest absolute Gasteiger partial charge is 0.233 e. The fourth-order valence-corrected chi connectivity index (χ4v) is 2.72. The molecule has 0 unspecified atom stereocenters. The molecule has 0 radical (unpaired) electrons. The first kappa shape index (κ1) is 25.3. The van der Waals surface area contributed by atoms with Crippen LogP contribution in [0.2, 0.25) is 0 Å². The average molecular weight is 482 g/mol. The fraction of sp³-hybridized carbons (Fsp3) is 0.200. The van der Waals surface area contributed by atoms with Crippen LogP contribution in [0.1, 0.15) is 27.2 Å². The van der Waals surface area contributed by atoms with Crippen LogP contribution in [-0.2, 0) is 14.4 Å². The summed E-state index contributed by atoms with van der Waals surface area (Å²) in [6.45, 7) is 5.30. The zero-order chi connectivity index (χ0) is 25.6.